The average Bonchev–Trinajstić information content (AvgIpc) is 2.75. The van der Waals surface area contributed by atoms with Crippen LogP contribution in [0.5, 0.6) is 0 Å². The Morgan fingerprint density at radius 1 is 1.04 bits per heavy atom. The lowest BCUT2D eigenvalue weighted by Gasteiger charge is -2.26. The molecule has 150 valence electrons. The molecule has 28 heavy (non-hydrogen) atoms. The second-order valence-corrected chi connectivity index (χ2v) is 7.81. The highest BCUT2D eigenvalue weighted by atomic mass is 35.5. The van der Waals surface area contributed by atoms with Crippen LogP contribution in [-0.2, 0) is 17.7 Å². The summed E-state index contributed by atoms with van der Waals surface area (Å²) < 4.78 is 5.43. The number of halogens is 1. The molecular weight excluding hydrogens is 372 g/mol. The van der Waals surface area contributed by atoms with E-state index < -0.39 is 0 Å². The summed E-state index contributed by atoms with van der Waals surface area (Å²) in [6.07, 6.45) is 1.97. The molecule has 1 saturated heterocycles. The van der Waals surface area contributed by atoms with Gasteiger partial charge in [0.15, 0.2) is 0 Å². The van der Waals surface area contributed by atoms with E-state index in [0.29, 0.717) is 11.6 Å². The number of nitrogens with one attached hydrogen (secondary N) is 1. The summed E-state index contributed by atoms with van der Waals surface area (Å²) >= 11 is 6.01. The van der Waals surface area contributed by atoms with E-state index in [9.17, 15) is 4.79 Å². The van der Waals surface area contributed by atoms with Crippen LogP contribution < -0.4 is 4.90 Å². The number of aryl methyl sites for hydroxylation is 1. The first-order chi connectivity index (χ1) is 13.7. The zero-order valence-electron chi connectivity index (χ0n) is 16.6. The highest BCUT2D eigenvalue weighted by Gasteiger charge is 2.18. The third-order valence-electron chi connectivity index (χ3n) is 5.34. The number of nitrogens with zero attached hydrogens (tertiary/aromatic N) is 1. The van der Waals surface area contributed by atoms with Gasteiger partial charge in [-0.25, -0.2) is 0 Å². The predicted molar refractivity (Wildman–Crippen MR) is 113 cm³/mol. The molecule has 0 aromatic heterocycles. The van der Waals surface area contributed by atoms with Gasteiger partial charge in [0.1, 0.15) is 13.1 Å². The van der Waals surface area contributed by atoms with Gasteiger partial charge in [0, 0.05) is 30.1 Å². The second-order valence-electron chi connectivity index (χ2n) is 7.37. The van der Waals surface area contributed by atoms with E-state index in [1.165, 1.54) is 5.56 Å². The molecule has 0 aliphatic carbocycles. The molecule has 2 aromatic rings. The summed E-state index contributed by atoms with van der Waals surface area (Å²) in [5.74, 6) is 0.0922. The Morgan fingerprint density at radius 3 is 2.32 bits per heavy atom. The minimum atomic E-state index is 0.0922. The predicted octanol–water partition coefficient (Wildman–Crippen LogP) is 2.85. The molecule has 1 aliphatic heterocycles. The molecule has 4 nitrogen and oxygen atoms in total. The first kappa shape index (κ1) is 20.8. The molecular formula is C23H30ClN2O2+. The van der Waals surface area contributed by atoms with E-state index in [2.05, 4.69) is 6.92 Å². The number of carbonyl (C=O) groups is 1. The van der Waals surface area contributed by atoms with Gasteiger partial charge in [-0.3, -0.25) is 4.79 Å². The van der Waals surface area contributed by atoms with Crippen LogP contribution in [0.2, 0.25) is 5.02 Å². The SMILES string of the molecule is CCc1ccc(C(=O)N(CCC[NH+]2CCOCC2)Cc2ccc(Cl)cc2)cc1. The van der Waals surface area contributed by atoms with Crippen LogP contribution in [0.3, 0.4) is 0 Å². The molecule has 0 spiro atoms. The van der Waals surface area contributed by atoms with Crippen LogP contribution in [0.25, 0.3) is 0 Å². The smallest absolute Gasteiger partial charge is 0.254 e. The maximum Gasteiger partial charge on any atom is 0.254 e. The summed E-state index contributed by atoms with van der Waals surface area (Å²) in [4.78, 5) is 16.7. The molecule has 1 aliphatic rings. The van der Waals surface area contributed by atoms with E-state index in [4.69, 9.17) is 16.3 Å². The third kappa shape index (κ3) is 6.06. The molecule has 0 bridgehead atoms. The molecule has 1 heterocycles. The van der Waals surface area contributed by atoms with Gasteiger partial charge >= 0.3 is 0 Å². The minimum Gasteiger partial charge on any atom is -0.370 e. The number of amides is 1. The van der Waals surface area contributed by atoms with Crippen molar-refractivity contribution in [2.45, 2.75) is 26.3 Å². The van der Waals surface area contributed by atoms with Crippen molar-refractivity contribution in [3.05, 3.63) is 70.2 Å². The Morgan fingerprint density at radius 2 is 1.68 bits per heavy atom. The number of quaternary nitrogens is 1. The number of ether oxygens (including phenoxy) is 1. The van der Waals surface area contributed by atoms with Gasteiger partial charge in [-0.1, -0.05) is 42.8 Å². The molecule has 0 atom stereocenters. The Labute approximate surface area is 173 Å². The largest absolute Gasteiger partial charge is 0.370 e. The normalized spacial score (nSPS) is 14.8. The lowest BCUT2D eigenvalue weighted by atomic mass is 10.1. The van der Waals surface area contributed by atoms with Crippen molar-refractivity contribution in [2.75, 3.05) is 39.4 Å². The van der Waals surface area contributed by atoms with E-state index in [1.54, 1.807) is 4.90 Å². The monoisotopic (exact) mass is 401 g/mol. The number of morpholine rings is 1. The van der Waals surface area contributed by atoms with Crippen molar-refractivity contribution < 1.29 is 14.4 Å². The molecule has 0 saturated carbocycles. The number of hydrogen-bond donors (Lipinski definition) is 1. The van der Waals surface area contributed by atoms with Gasteiger partial charge in [0.05, 0.1) is 19.8 Å². The Bertz CT molecular complexity index is 740. The topological polar surface area (TPSA) is 34.0 Å². The van der Waals surface area contributed by atoms with Crippen LogP contribution >= 0.6 is 11.6 Å². The van der Waals surface area contributed by atoms with Crippen molar-refractivity contribution >= 4 is 17.5 Å². The molecule has 1 N–H and O–H groups in total. The molecule has 0 unspecified atom stereocenters. The Balaban J connectivity index is 1.66. The number of carbonyl (C=O) groups excluding carboxylic acids is 1. The quantitative estimate of drug-likeness (QED) is 0.738. The third-order valence-corrected chi connectivity index (χ3v) is 5.59. The van der Waals surface area contributed by atoms with Crippen LogP contribution in [0, 0.1) is 0 Å². The van der Waals surface area contributed by atoms with Gasteiger partial charge in [0.25, 0.3) is 5.91 Å². The first-order valence-electron chi connectivity index (χ1n) is 10.2. The van der Waals surface area contributed by atoms with Crippen LogP contribution in [0.4, 0.5) is 0 Å². The molecule has 3 rings (SSSR count). The van der Waals surface area contributed by atoms with Gasteiger partial charge in [-0.15, -0.1) is 0 Å². The summed E-state index contributed by atoms with van der Waals surface area (Å²) in [7, 11) is 0. The van der Waals surface area contributed by atoms with Crippen LogP contribution in [-0.4, -0.2) is 50.2 Å². The van der Waals surface area contributed by atoms with E-state index in [0.717, 1.165) is 63.4 Å². The maximum atomic E-state index is 13.2. The number of hydrogen-bond acceptors (Lipinski definition) is 2. The van der Waals surface area contributed by atoms with Crippen LogP contribution in [0.1, 0.15) is 34.8 Å². The zero-order valence-corrected chi connectivity index (χ0v) is 17.4. The van der Waals surface area contributed by atoms with Crippen molar-refractivity contribution in [3.8, 4) is 0 Å². The lowest BCUT2D eigenvalue weighted by molar-refractivity contribution is -0.908. The van der Waals surface area contributed by atoms with Crippen molar-refractivity contribution in [1.29, 1.82) is 0 Å². The zero-order chi connectivity index (χ0) is 19.8. The Kier molecular flexibility index (Phi) is 7.90. The average molecular weight is 402 g/mol. The molecule has 5 heteroatoms. The van der Waals surface area contributed by atoms with Crippen molar-refractivity contribution in [2.24, 2.45) is 0 Å². The van der Waals surface area contributed by atoms with Crippen molar-refractivity contribution in [3.63, 3.8) is 0 Å². The van der Waals surface area contributed by atoms with E-state index >= 15 is 0 Å². The molecule has 1 amide bonds. The van der Waals surface area contributed by atoms with Crippen molar-refractivity contribution in [1.82, 2.24) is 4.90 Å². The standard InChI is InChI=1S/C23H29ClN2O2/c1-2-19-4-8-21(9-5-19)23(27)26(18-20-6-10-22(24)11-7-20)13-3-12-25-14-16-28-17-15-25/h4-11H,2-3,12-18H2,1H3/p+1. The summed E-state index contributed by atoms with van der Waals surface area (Å²) in [6, 6.07) is 15.7. The fourth-order valence-corrected chi connectivity index (χ4v) is 3.68. The van der Waals surface area contributed by atoms with Gasteiger partial charge in [0.2, 0.25) is 0 Å². The lowest BCUT2D eigenvalue weighted by Crippen LogP contribution is -3.14. The summed E-state index contributed by atoms with van der Waals surface area (Å²) in [5, 5.41) is 0.715. The molecule has 1 fully saturated rings. The van der Waals surface area contributed by atoms with Gasteiger partial charge in [-0.05, 0) is 41.8 Å². The molecule has 2 aromatic carbocycles. The molecule has 0 radical (unpaired) electrons. The first-order valence-corrected chi connectivity index (χ1v) is 10.6. The van der Waals surface area contributed by atoms with Crippen LogP contribution in [0.15, 0.2) is 48.5 Å². The minimum absolute atomic E-state index is 0.0922. The number of rotatable bonds is 8. The summed E-state index contributed by atoms with van der Waals surface area (Å²) in [5.41, 5.74) is 3.10. The van der Waals surface area contributed by atoms with E-state index in [1.807, 2.05) is 53.4 Å². The van der Waals surface area contributed by atoms with Gasteiger partial charge < -0.3 is 14.5 Å². The number of benzene rings is 2. The Hall–Kier alpha value is -1.88. The second kappa shape index (κ2) is 10.6. The maximum absolute atomic E-state index is 13.2. The highest BCUT2D eigenvalue weighted by Crippen LogP contribution is 2.15. The van der Waals surface area contributed by atoms with Gasteiger partial charge in [-0.2, -0.15) is 0 Å². The fourth-order valence-electron chi connectivity index (χ4n) is 3.56. The fraction of sp³-hybridized carbons (Fsp3) is 0.435. The summed E-state index contributed by atoms with van der Waals surface area (Å²) in [6.45, 7) is 8.35. The van der Waals surface area contributed by atoms with E-state index in [-0.39, 0.29) is 5.91 Å². The highest BCUT2D eigenvalue weighted by molar-refractivity contribution is 6.30.